The average Bonchev–Trinajstić information content (AvgIpc) is 2.02. The molecular weight excluding hydrogens is 226 g/mol. The molecule has 5 nitrogen and oxygen atoms in total. The summed E-state index contributed by atoms with van der Waals surface area (Å²) in [4.78, 5) is 33.1. The zero-order valence-electron chi connectivity index (χ0n) is 8.44. The second kappa shape index (κ2) is 4.11. The van der Waals surface area contributed by atoms with Crippen LogP contribution in [-0.4, -0.2) is 16.1 Å². The van der Waals surface area contributed by atoms with E-state index in [-0.39, 0.29) is 0 Å². The Morgan fingerprint density at radius 2 is 1.14 bits per heavy atom. The van der Waals surface area contributed by atoms with Crippen LogP contribution in [0.15, 0.2) is 0 Å². The highest BCUT2D eigenvalue weighted by molar-refractivity contribution is 7.42. The molecule has 0 amide bonds. The lowest BCUT2D eigenvalue weighted by atomic mass is 9.97. The molecule has 0 aromatic heterocycles. The summed E-state index contributed by atoms with van der Waals surface area (Å²) in [5, 5.41) is -3.29. The zero-order valence-corrected chi connectivity index (χ0v) is 10.2. The molecule has 0 aliphatic rings. The first kappa shape index (κ1) is 13.8. The van der Waals surface area contributed by atoms with Gasteiger partial charge in [0.15, 0.2) is 0 Å². The molecule has 0 radical (unpaired) electrons. The van der Waals surface area contributed by atoms with Crippen molar-refractivity contribution < 1.29 is 23.7 Å². The van der Waals surface area contributed by atoms with Gasteiger partial charge >= 0.3 is 16.1 Å². The van der Waals surface area contributed by atoms with Gasteiger partial charge in [-0.2, -0.15) is 0 Å². The zero-order chi connectivity index (χ0) is 11.7. The van der Waals surface area contributed by atoms with Gasteiger partial charge < -0.3 is 9.79 Å². The third-order valence-corrected chi connectivity index (χ3v) is 4.26. The van der Waals surface area contributed by atoms with Crippen LogP contribution >= 0.6 is 16.1 Å². The first-order valence-electron chi connectivity index (χ1n) is 3.88. The maximum atomic E-state index is 11.6. The Morgan fingerprint density at radius 1 is 0.929 bits per heavy atom. The lowest BCUT2D eigenvalue weighted by Crippen LogP contribution is -2.44. The number of Topliss-reactive ketones (excluding diaryl/α,β-unsaturated/α-hetero) is 1. The molecule has 0 N–H and O–H groups in total. The molecule has 2 unspecified atom stereocenters. The number of ketones is 1. The van der Waals surface area contributed by atoms with Crippen molar-refractivity contribution in [3.63, 3.8) is 0 Å². The van der Waals surface area contributed by atoms with E-state index in [1.807, 2.05) is 0 Å². The molecule has 0 aromatic carbocycles. The number of hydrogen-bond donors (Lipinski definition) is 0. The van der Waals surface area contributed by atoms with Crippen molar-refractivity contribution in [2.45, 2.75) is 38.0 Å². The third-order valence-electron chi connectivity index (χ3n) is 2.02. The second-order valence-electron chi connectivity index (χ2n) is 3.96. The largest absolute Gasteiger partial charge is 0.595 e. The molecule has 0 heterocycles. The van der Waals surface area contributed by atoms with Crippen molar-refractivity contribution in [1.29, 1.82) is 0 Å². The number of hydrogen-bond acceptors (Lipinski definition) is 5. The molecule has 2 atom stereocenters. The smallest absolute Gasteiger partial charge is 0.322 e. The topological polar surface area (TPSA) is 97.3 Å². The minimum absolute atomic E-state index is 0.808. The molecule has 0 spiro atoms. The molecule has 0 saturated carbocycles. The molecule has 0 aliphatic carbocycles. The predicted molar refractivity (Wildman–Crippen MR) is 48.4 cm³/mol. The molecule has 14 heavy (non-hydrogen) atoms. The van der Waals surface area contributed by atoms with Gasteiger partial charge in [-0.1, -0.05) is 9.13 Å². The quantitative estimate of drug-likeness (QED) is 0.657. The van der Waals surface area contributed by atoms with Crippen LogP contribution in [0.2, 0.25) is 0 Å². The Kier molecular flexibility index (Phi) is 4.05. The Labute approximate surface area is 84.3 Å². The number of carbonyl (C=O) groups excluding carboxylic acids is 1. The van der Waals surface area contributed by atoms with Gasteiger partial charge in [0.2, 0.25) is 16.1 Å². The van der Waals surface area contributed by atoms with Gasteiger partial charge in [0.1, 0.15) is 0 Å². The van der Waals surface area contributed by atoms with Gasteiger partial charge in [-0.15, -0.1) is 0 Å². The Morgan fingerprint density at radius 3 is 1.29 bits per heavy atom. The summed E-state index contributed by atoms with van der Waals surface area (Å²) in [6.07, 6.45) is 0. The maximum Gasteiger partial charge on any atom is 0.322 e. The fourth-order valence-corrected chi connectivity index (χ4v) is 1.89. The molecule has 0 aliphatic heterocycles. The van der Waals surface area contributed by atoms with E-state index in [1.165, 1.54) is 27.7 Å². The highest BCUT2D eigenvalue weighted by Gasteiger charge is 2.54. The number of rotatable bonds is 4. The first-order chi connectivity index (χ1) is 6.04. The Bertz CT molecular complexity index is 266. The maximum absolute atomic E-state index is 11.6. The van der Waals surface area contributed by atoms with Crippen LogP contribution in [0.3, 0.4) is 0 Å². The van der Waals surface area contributed by atoms with Crippen molar-refractivity contribution >= 4 is 21.8 Å². The highest BCUT2D eigenvalue weighted by atomic mass is 31.1. The van der Waals surface area contributed by atoms with Crippen LogP contribution in [0.1, 0.15) is 27.7 Å². The van der Waals surface area contributed by atoms with Crippen LogP contribution in [0.4, 0.5) is 0 Å². The normalized spacial score (nSPS) is 15.0. The van der Waals surface area contributed by atoms with E-state index >= 15 is 0 Å². The van der Waals surface area contributed by atoms with E-state index in [0.29, 0.717) is 0 Å². The van der Waals surface area contributed by atoms with Gasteiger partial charge in [-0.3, -0.25) is 4.79 Å². The summed E-state index contributed by atoms with van der Waals surface area (Å²) < 4.78 is 21.5. The first-order valence-corrected chi connectivity index (χ1v) is 6.24. The summed E-state index contributed by atoms with van der Waals surface area (Å²) in [6.45, 7) is 4.78. The lowest BCUT2D eigenvalue weighted by molar-refractivity contribution is -0.172. The molecule has 0 bridgehead atoms. The van der Waals surface area contributed by atoms with Crippen molar-refractivity contribution in [1.82, 2.24) is 0 Å². The summed E-state index contributed by atoms with van der Waals surface area (Å²) in [5.41, 5.74) is 0. The van der Waals surface area contributed by atoms with Crippen LogP contribution < -0.4 is 9.79 Å². The standard InChI is InChI=1S/C7H12O5P2/c1-6(2,13(9)10)5(8)7(3,4)14(11)12/h1-4H3. The van der Waals surface area contributed by atoms with Crippen molar-refractivity contribution in [2.24, 2.45) is 0 Å². The molecular formula is C7H12O5P2. The molecule has 0 fully saturated rings. The molecule has 0 rings (SSSR count). The van der Waals surface area contributed by atoms with E-state index in [1.54, 1.807) is 0 Å². The van der Waals surface area contributed by atoms with E-state index in [9.17, 15) is 23.7 Å². The lowest BCUT2D eigenvalue weighted by Gasteiger charge is -2.20. The summed E-state index contributed by atoms with van der Waals surface area (Å²) in [6, 6.07) is 0. The minimum atomic E-state index is -2.99. The summed E-state index contributed by atoms with van der Waals surface area (Å²) >= 11 is 0. The molecule has 0 saturated heterocycles. The summed E-state index contributed by atoms with van der Waals surface area (Å²) in [5.74, 6) is -0.808. The monoisotopic (exact) mass is 238 g/mol. The number of carbonyl (C=O) groups is 1. The van der Waals surface area contributed by atoms with E-state index in [2.05, 4.69) is 0 Å². The molecule has 80 valence electrons. The minimum Gasteiger partial charge on any atom is -0.595 e. The van der Waals surface area contributed by atoms with Crippen LogP contribution in [0.5, 0.6) is 0 Å². The van der Waals surface area contributed by atoms with Crippen LogP contribution in [-0.2, 0) is 13.9 Å². The predicted octanol–water partition coefficient (Wildman–Crippen LogP) is 0.318. The van der Waals surface area contributed by atoms with Gasteiger partial charge in [0.25, 0.3) is 0 Å². The van der Waals surface area contributed by atoms with Crippen molar-refractivity contribution in [3.05, 3.63) is 0 Å². The molecule has 7 heteroatoms. The SMILES string of the molecule is CC(C)(C(=O)C(C)(C)[P+](=O)[O-])[P+](=O)[O-]. The van der Waals surface area contributed by atoms with Crippen molar-refractivity contribution in [3.8, 4) is 0 Å². The fraction of sp³-hybridized carbons (Fsp3) is 0.857. The fourth-order valence-electron chi connectivity index (χ4n) is 0.914. The van der Waals surface area contributed by atoms with Crippen LogP contribution in [0, 0.1) is 0 Å². The van der Waals surface area contributed by atoms with E-state index in [0.717, 1.165) is 0 Å². The van der Waals surface area contributed by atoms with E-state index < -0.39 is 32.2 Å². The Balaban J connectivity index is 5.16. The summed E-state index contributed by atoms with van der Waals surface area (Å²) in [7, 11) is -5.98. The molecule has 0 aromatic rings. The average molecular weight is 238 g/mol. The Hall–Kier alpha value is -0.210. The van der Waals surface area contributed by atoms with Gasteiger partial charge in [0, 0.05) is 0 Å². The highest BCUT2D eigenvalue weighted by Crippen LogP contribution is 2.42. The van der Waals surface area contributed by atoms with Gasteiger partial charge in [-0.05, 0) is 27.7 Å². The van der Waals surface area contributed by atoms with E-state index in [4.69, 9.17) is 0 Å². The van der Waals surface area contributed by atoms with Gasteiger partial charge in [-0.25, -0.2) is 0 Å². The van der Waals surface area contributed by atoms with Crippen molar-refractivity contribution in [2.75, 3.05) is 0 Å². The third kappa shape index (κ3) is 2.43. The second-order valence-corrected chi connectivity index (χ2v) is 7.23. The van der Waals surface area contributed by atoms with Gasteiger partial charge in [0.05, 0.1) is 0 Å². The van der Waals surface area contributed by atoms with Crippen LogP contribution in [0.25, 0.3) is 0 Å².